The number of rotatable bonds is 5. The Morgan fingerprint density at radius 3 is 2.80 bits per heavy atom. The highest BCUT2D eigenvalue weighted by Gasteiger charge is 2.10. The molecule has 0 unspecified atom stereocenters. The zero-order chi connectivity index (χ0) is 14.5. The molecular weight excluding hydrogens is 290 g/mol. The van der Waals surface area contributed by atoms with Gasteiger partial charge in [-0.05, 0) is 49.1 Å². The molecular formula is C16H18ClNOS. The Balaban J connectivity index is 1.89. The molecule has 2 rings (SSSR count). The van der Waals surface area contributed by atoms with Crippen molar-refractivity contribution in [2.75, 3.05) is 6.54 Å². The van der Waals surface area contributed by atoms with Gasteiger partial charge in [0, 0.05) is 16.4 Å². The number of amides is 1. The molecule has 0 aliphatic heterocycles. The number of thiophene rings is 1. The summed E-state index contributed by atoms with van der Waals surface area (Å²) in [6.07, 6.45) is 1.77. The summed E-state index contributed by atoms with van der Waals surface area (Å²) in [6.45, 7) is 4.79. The van der Waals surface area contributed by atoms with Crippen LogP contribution < -0.4 is 5.32 Å². The van der Waals surface area contributed by atoms with Gasteiger partial charge in [-0.3, -0.25) is 4.79 Å². The third-order valence-electron chi connectivity index (χ3n) is 3.15. The van der Waals surface area contributed by atoms with Crippen LogP contribution in [0.2, 0.25) is 5.02 Å². The predicted molar refractivity (Wildman–Crippen MR) is 85.9 cm³/mol. The maximum absolute atomic E-state index is 12.1. The van der Waals surface area contributed by atoms with Crippen LogP contribution in [0.4, 0.5) is 0 Å². The van der Waals surface area contributed by atoms with Gasteiger partial charge in [0.1, 0.15) is 0 Å². The lowest BCUT2D eigenvalue weighted by atomic mass is 10.1. The van der Waals surface area contributed by atoms with Gasteiger partial charge < -0.3 is 5.32 Å². The van der Waals surface area contributed by atoms with E-state index in [2.05, 4.69) is 19.2 Å². The Morgan fingerprint density at radius 2 is 2.15 bits per heavy atom. The molecule has 0 atom stereocenters. The summed E-state index contributed by atoms with van der Waals surface area (Å²) in [4.78, 5) is 14.1. The molecule has 0 saturated carbocycles. The van der Waals surface area contributed by atoms with Crippen LogP contribution in [0.15, 0.2) is 30.3 Å². The van der Waals surface area contributed by atoms with Crippen LogP contribution in [0.5, 0.6) is 0 Å². The Labute approximate surface area is 128 Å². The summed E-state index contributed by atoms with van der Waals surface area (Å²) >= 11 is 7.52. The smallest absolute Gasteiger partial charge is 0.261 e. The van der Waals surface area contributed by atoms with Crippen molar-refractivity contribution >= 4 is 28.8 Å². The van der Waals surface area contributed by atoms with Crippen LogP contribution in [0.1, 0.15) is 32.6 Å². The first-order valence-electron chi connectivity index (χ1n) is 6.72. The van der Waals surface area contributed by atoms with Gasteiger partial charge in [-0.25, -0.2) is 0 Å². The van der Waals surface area contributed by atoms with Crippen LogP contribution in [0, 0.1) is 6.92 Å². The van der Waals surface area contributed by atoms with Crippen molar-refractivity contribution in [2.45, 2.75) is 26.7 Å². The van der Waals surface area contributed by atoms with Gasteiger partial charge in [0.05, 0.1) is 4.88 Å². The van der Waals surface area contributed by atoms with Crippen molar-refractivity contribution in [3.05, 3.63) is 56.2 Å². The number of hydrogen-bond acceptors (Lipinski definition) is 2. The average molecular weight is 308 g/mol. The molecule has 0 fully saturated rings. The normalized spacial score (nSPS) is 10.6. The molecule has 1 amide bonds. The zero-order valence-corrected chi connectivity index (χ0v) is 13.3. The van der Waals surface area contributed by atoms with Crippen LogP contribution >= 0.6 is 22.9 Å². The van der Waals surface area contributed by atoms with E-state index in [4.69, 9.17) is 11.6 Å². The summed E-state index contributed by atoms with van der Waals surface area (Å²) in [6, 6.07) is 9.69. The summed E-state index contributed by atoms with van der Waals surface area (Å²) in [5.41, 5.74) is 2.34. The fourth-order valence-electron chi connectivity index (χ4n) is 2.08. The molecule has 4 heteroatoms. The third kappa shape index (κ3) is 3.84. The summed E-state index contributed by atoms with van der Waals surface area (Å²) < 4.78 is 0. The Bertz CT molecular complexity index is 606. The monoisotopic (exact) mass is 307 g/mol. The topological polar surface area (TPSA) is 29.1 Å². The minimum absolute atomic E-state index is 0.0137. The molecule has 2 aromatic rings. The highest BCUT2D eigenvalue weighted by Crippen LogP contribution is 2.22. The Kier molecular flexibility index (Phi) is 5.21. The molecule has 0 aliphatic rings. The van der Waals surface area contributed by atoms with Crippen molar-refractivity contribution in [1.29, 1.82) is 0 Å². The van der Waals surface area contributed by atoms with Crippen LogP contribution in [-0.4, -0.2) is 12.5 Å². The molecule has 1 aromatic heterocycles. The predicted octanol–water partition coefficient (Wildman–Crippen LogP) is 4.24. The number of carbonyl (C=O) groups is 1. The molecule has 0 saturated heterocycles. The summed E-state index contributed by atoms with van der Waals surface area (Å²) in [5, 5.41) is 3.69. The van der Waals surface area contributed by atoms with Gasteiger partial charge in [-0.1, -0.05) is 30.7 Å². The summed E-state index contributed by atoms with van der Waals surface area (Å²) in [5.74, 6) is 0.0137. The molecule has 2 nitrogen and oxygen atoms in total. The number of benzene rings is 1. The largest absolute Gasteiger partial charge is 0.351 e. The minimum atomic E-state index is 0.0137. The molecule has 0 bridgehead atoms. The minimum Gasteiger partial charge on any atom is -0.351 e. The first-order valence-corrected chi connectivity index (χ1v) is 7.91. The fraction of sp³-hybridized carbons (Fsp3) is 0.312. The van der Waals surface area contributed by atoms with Crippen molar-refractivity contribution in [3.63, 3.8) is 0 Å². The van der Waals surface area contributed by atoms with E-state index in [1.54, 1.807) is 11.3 Å². The average Bonchev–Trinajstić information content (AvgIpc) is 2.80. The second-order valence-electron chi connectivity index (χ2n) is 4.71. The molecule has 0 spiro atoms. The van der Waals surface area contributed by atoms with E-state index in [-0.39, 0.29) is 5.91 Å². The highest BCUT2D eigenvalue weighted by atomic mass is 35.5. The first kappa shape index (κ1) is 15.1. The van der Waals surface area contributed by atoms with Gasteiger partial charge in [-0.15, -0.1) is 11.3 Å². The third-order valence-corrected chi connectivity index (χ3v) is 4.77. The van der Waals surface area contributed by atoms with Gasteiger partial charge in [0.2, 0.25) is 0 Å². The Morgan fingerprint density at radius 1 is 1.35 bits per heavy atom. The zero-order valence-electron chi connectivity index (χ0n) is 11.7. The number of hydrogen-bond donors (Lipinski definition) is 1. The van der Waals surface area contributed by atoms with Crippen molar-refractivity contribution < 1.29 is 4.79 Å². The lowest BCUT2D eigenvalue weighted by Gasteiger charge is -2.04. The van der Waals surface area contributed by atoms with Crippen molar-refractivity contribution in [1.82, 2.24) is 5.32 Å². The maximum Gasteiger partial charge on any atom is 0.261 e. The Hall–Kier alpha value is -1.32. The van der Waals surface area contributed by atoms with E-state index < -0.39 is 0 Å². The molecule has 0 aliphatic carbocycles. The first-order chi connectivity index (χ1) is 9.60. The molecule has 1 aromatic carbocycles. The van der Waals surface area contributed by atoms with Crippen LogP contribution in [0.3, 0.4) is 0 Å². The standard InChI is InChI=1S/C16H18ClNOS/c1-3-14-11(2)9-15(20-14)16(19)18-8-7-12-5-4-6-13(17)10-12/h4-6,9-10H,3,7-8H2,1-2H3,(H,18,19). The van der Waals surface area contributed by atoms with Gasteiger partial charge in [0.15, 0.2) is 0 Å². The molecule has 1 N–H and O–H groups in total. The fourth-order valence-corrected chi connectivity index (χ4v) is 3.33. The molecule has 0 radical (unpaired) electrons. The molecule has 1 heterocycles. The van der Waals surface area contributed by atoms with Gasteiger partial charge in [-0.2, -0.15) is 0 Å². The second kappa shape index (κ2) is 6.91. The summed E-state index contributed by atoms with van der Waals surface area (Å²) in [7, 11) is 0. The van der Waals surface area contributed by atoms with Crippen molar-refractivity contribution in [3.8, 4) is 0 Å². The van der Waals surface area contributed by atoms with Gasteiger partial charge >= 0.3 is 0 Å². The SMILES string of the molecule is CCc1sc(C(=O)NCCc2cccc(Cl)c2)cc1C. The lowest BCUT2D eigenvalue weighted by molar-refractivity contribution is 0.0958. The van der Waals surface area contributed by atoms with Crippen LogP contribution in [0.25, 0.3) is 0 Å². The second-order valence-corrected chi connectivity index (χ2v) is 6.28. The van der Waals surface area contributed by atoms with Gasteiger partial charge in [0.25, 0.3) is 5.91 Å². The van der Waals surface area contributed by atoms with E-state index in [1.165, 1.54) is 10.4 Å². The van der Waals surface area contributed by atoms with Crippen LogP contribution in [-0.2, 0) is 12.8 Å². The number of halogens is 1. The number of nitrogens with one attached hydrogen (secondary N) is 1. The van der Waals surface area contributed by atoms with E-state index in [0.717, 1.165) is 28.3 Å². The highest BCUT2D eigenvalue weighted by molar-refractivity contribution is 7.14. The number of aryl methyl sites for hydroxylation is 2. The number of carbonyl (C=O) groups excluding carboxylic acids is 1. The van der Waals surface area contributed by atoms with Crippen molar-refractivity contribution in [2.24, 2.45) is 0 Å². The van der Waals surface area contributed by atoms with E-state index >= 15 is 0 Å². The molecule has 20 heavy (non-hydrogen) atoms. The van der Waals surface area contributed by atoms with E-state index in [9.17, 15) is 4.79 Å². The quantitative estimate of drug-likeness (QED) is 0.879. The van der Waals surface area contributed by atoms with E-state index in [0.29, 0.717) is 6.54 Å². The maximum atomic E-state index is 12.1. The lowest BCUT2D eigenvalue weighted by Crippen LogP contribution is -2.24. The molecule has 106 valence electrons. The van der Waals surface area contributed by atoms with E-state index in [1.807, 2.05) is 30.3 Å².